The molecule has 2 aliphatic heterocycles. The molecule has 0 N–H and O–H groups in total. The number of aromatic nitrogens is 2. The van der Waals surface area contributed by atoms with E-state index < -0.39 is 20.9 Å². The second kappa shape index (κ2) is 13.6. The van der Waals surface area contributed by atoms with Gasteiger partial charge in [-0.15, -0.1) is 0 Å². The number of amides is 2. The quantitative estimate of drug-likeness (QED) is 0.275. The maximum atomic E-state index is 15.1. The van der Waals surface area contributed by atoms with Crippen LogP contribution in [-0.2, 0) is 26.3 Å². The van der Waals surface area contributed by atoms with Crippen LogP contribution in [0.4, 0.5) is 4.79 Å². The molecule has 2 atom stereocenters. The zero-order valence-electron chi connectivity index (χ0n) is 28.6. The number of hydrogen-bond donors (Lipinski definition) is 0. The number of halogens is 2. The van der Waals surface area contributed by atoms with E-state index in [1.807, 2.05) is 90.1 Å². The van der Waals surface area contributed by atoms with Crippen LogP contribution in [0.3, 0.4) is 0 Å². The molecule has 10 nitrogen and oxygen atoms in total. The molecule has 0 unspecified atom stereocenters. The molecule has 0 saturated carbocycles. The summed E-state index contributed by atoms with van der Waals surface area (Å²) in [6.45, 7) is 14.7. The first-order valence-electron chi connectivity index (χ1n) is 16.1. The molecule has 2 aromatic carbocycles. The van der Waals surface area contributed by atoms with Gasteiger partial charge in [0.25, 0.3) is 0 Å². The molecular formula is C35H44Cl2N6O4S. The smallest absolute Gasteiger partial charge is 0.326 e. The summed E-state index contributed by atoms with van der Waals surface area (Å²) in [6.07, 6.45) is 2.95. The van der Waals surface area contributed by atoms with E-state index in [1.165, 1.54) is 6.26 Å². The van der Waals surface area contributed by atoms with Gasteiger partial charge in [-0.2, -0.15) is 4.98 Å². The van der Waals surface area contributed by atoms with Crippen LogP contribution in [0, 0.1) is 0 Å². The lowest BCUT2D eigenvalue weighted by molar-refractivity contribution is 0.0880. The van der Waals surface area contributed by atoms with E-state index in [4.69, 9.17) is 42.9 Å². The van der Waals surface area contributed by atoms with E-state index in [1.54, 1.807) is 16.0 Å². The SMILES string of the molecule is CCOc1nc(C(C)(C)C)ncc1C1=N[C@@](C)(c2ccc(Cl)cc2)[C@](C)(c2ccc(Cl)cc2)N1C(=O)N1CCN(CCS(C)(=O)=O)CC1. The number of nitrogens with zero attached hydrogens (tertiary/aromatic N) is 6. The van der Waals surface area contributed by atoms with Gasteiger partial charge >= 0.3 is 6.03 Å². The van der Waals surface area contributed by atoms with Crippen LogP contribution in [0.25, 0.3) is 0 Å². The van der Waals surface area contributed by atoms with Crippen molar-refractivity contribution in [2.24, 2.45) is 4.99 Å². The Morgan fingerprint density at radius 1 is 0.938 bits per heavy atom. The van der Waals surface area contributed by atoms with Gasteiger partial charge in [0.1, 0.15) is 32.6 Å². The Hall–Kier alpha value is -3.25. The minimum atomic E-state index is -3.10. The summed E-state index contributed by atoms with van der Waals surface area (Å²) in [7, 11) is -3.10. The predicted octanol–water partition coefficient (Wildman–Crippen LogP) is 6.15. The fourth-order valence-electron chi connectivity index (χ4n) is 6.29. The van der Waals surface area contributed by atoms with Gasteiger partial charge in [0.2, 0.25) is 5.88 Å². The molecule has 0 spiro atoms. The number of urea groups is 1. The predicted molar refractivity (Wildman–Crippen MR) is 191 cm³/mol. The Bertz CT molecular complexity index is 1790. The minimum Gasteiger partial charge on any atom is -0.477 e. The lowest BCUT2D eigenvalue weighted by atomic mass is 9.71. The first-order valence-corrected chi connectivity index (χ1v) is 18.9. The Kier molecular flexibility index (Phi) is 10.2. The average molecular weight is 716 g/mol. The van der Waals surface area contributed by atoms with Gasteiger partial charge in [-0.3, -0.25) is 14.8 Å². The van der Waals surface area contributed by atoms with Crippen molar-refractivity contribution in [1.29, 1.82) is 0 Å². The van der Waals surface area contributed by atoms with Gasteiger partial charge < -0.3 is 9.64 Å². The number of carbonyl (C=O) groups is 1. The van der Waals surface area contributed by atoms with Crippen LogP contribution in [0.5, 0.6) is 5.88 Å². The topological polar surface area (TPSA) is 108 Å². The maximum Gasteiger partial charge on any atom is 0.326 e. The largest absolute Gasteiger partial charge is 0.477 e. The van der Waals surface area contributed by atoms with Gasteiger partial charge in [0.05, 0.1) is 17.9 Å². The summed E-state index contributed by atoms with van der Waals surface area (Å²) < 4.78 is 29.8. The maximum absolute atomic E-state index is 15.1. The summed E-state index contributed by atoms with van der Waals surface area (Å²) in [5.74, 6) is 1.41. The number of rotatable bonds is 8. The normalized spacial score (nSPS) is 22.1. The van der Waals surface area contributed by atoms with Crippen LogP contribution in [-0.4, -0.2) is 96.3 Å². The van der Waals surface area contributed by atoms with E-state index in [-0.39, 0.29) is 17.2 Å². The lowest BCUT2D eigenvalue weighted by Gasteiger charge is -2.47. The zero-order valence-corrected chi connectivity index (χ0v) is 31.0. The monoisotopic (exact) mass is 714 g/mol. The fraction of sp³-hybridized carbons (Fsp3) is 0.486. The van der Waals surface area contributed by atoms with Crippen molar-refractivity contribution in [3.63, 3.8) is 0 Å². The third-order valence-corrected chi connectivity index (χ3v) is 10.7. The number of benzene rings is 2. The molecule has 13 heteroatoms. The van der Waals surface area contributed by atoms with E-state index >= 15 is 4.79 Å². The molecule has 1 fully saturated rings. The Morgan fingerprint density at radius 3 is 2.02 bits per heavy atom. The minimum absolute atomic E-state index is 0.0722. The number of carbonyl (C=O) groups excluding carboxylic acids is 1. The molecule has 1 saturated heterocycles. The molecule has 2 aliphatic rings. The Morgan fingerprint density at radius 2 is 1.50 bits per heavy atom. The van der Waals surface area contributed by atoms with Gasteiger partial charge in [-0.25, -0.2) is 18.2 Å². The summed E-state index contributed by atoms with van der Waals surface area (Å²) in [4.78, 5) is 35.7. The molecular weight excluding hydrogens is 671 g/mol. The van der Waals surface area contributed by atoms with Crippen LogP contribution in [0.15, 0.2) is 59.7 Å². The molecule has 2 amide bonds. The van der Waals surface area contributed by atoms with Crippen molar-refractivity contribution < 1.29 is 17.9 Å². The number of piperazine rings is 1. The van der Waals surface area contributed by atoms with Crippen molar-refractivity contribution in [3.8, 4) is 5.88 Å². The van der Waals surface area contributed by atoms with Crippen LogP contribution < -0.4 is 4.74 Å². The molecule has 0 radical (unpaired) electrons. The molecule has 258 valence electrons. The van der Waals surface area contributed by atoms with Crippen LogP contribution in [0.2, 0.25) is 10.0 Å². The highest BCUT2D eigenvalue weighted by atomic mass is 35.5. The van der Waals surface area contributed by atoms with Crippen molar-refractivity contribution >= 4 is 44.9 Å². The van der Waals surface area contributed by atoms with E-state index in [0.29, 0.717) is 72.5 Å². The van der Waals surface area contributed by atoms with Gasteiger partial charge in [0, 0.05) is 60.6 Å². The van der Waals surface area contributed by atoms with Crippen LogP contribution in [0.1, 0.15) is 64.1 Å². The van der Waals surface area contributed by atoms with Crippen molar-refractivity contribution in [2.45, 2.75) is 58.0 Å². The number of amidine groups is 1. The first kappa shape index (κ1) is 36.0. The first-order chi connectivity index (χ1) is 22.5. The van der Waals surface area contributed by atoms with E-state index in [9.17, 15) is 8.42 Å². The second-order valence-electron chi connectivity index (χ2n) is 13.8. The summed E-state index contributed by atoms with van der Waals surface area (Å²) >= 11 is 12.7. The molecule has 0 bridgehead atoms. The zero-order chi connectivity index (χ0) is 35.1. The Balaban J connectivity index is 1.69. The third-order valence-electron chi connectivity index (χ3n) is 9.31. The number of sulfone groups is 1. The summed E-state index contributed by atoms with van der Waals surface area (Å²) in [6, 6.07) is 14.8. The number of aliphatic imine (C=N–C) groups is 1. The third kappa shape index (κ3) is 7.06. The highest BCUT2D eigenvalue weighted by molar-refractivity contribution is 7.90. The highest BCUT2D eigenvalue weighted by Crippen LogP contribution is 2.54. The number of hydrogen-bond acceptors (Lipinski definition) is 8. The molecule has 48 heavy (non-hydrogen) atoms. The van der Waals surface area contributed by atoms with Gasteiger partial charge in [-0.1, -0.05) is 68.2 Å². The van der Waals surface area contributed by atoms with Crippen molar-refractivity contribution in [2.75, 3.05) is 51.3 Å². The molecule has 0 aliphatic carbocycles. The highest BCUT2D eigenvalue weighted by Gasteiger charge is 2.60. The van der Waals surface area contributed by atoms with E-state index in [0.717, 1.165) is 11.1 Å². The van der Waals surface area contributed by atoms with Gasteiger partial charge in [0.15, 0.2) is 0 Å². The summed E-state index contributed by atoms with van der Waals surface area (Å²) in [5.41, 5.74) is -0.245. The molecule has 3 aromatic rings. The standard InChI is InChI=1S/C35H44Cl2N6O4S/c1-8-47-30-28(23-38-31(39-30)33(2,3)4)29-40-34(5,24-9-13-26(36)14-10-24)35(6,25-11-15-27(37)16-12-25)43(29)32(44)42-19-17-41(18-20-42)21-22-48(7,45)46/h9-16,23H,8,17-22H2,1-7H3/t34-,35-/m0/s1. The second-order valence-corrected chi connectivity index (χ2v) is 16.9. The fourth-order valence-corrected chi connectivity index (χ4v) is 7.14. The average Bonchev–Trinajstić information content (AvgIpc) is 3.27. The van der Waals surface area contributed by atoms with Gasteiger partial charge in [-0.05, 0) is 56.2 Å². The van der Waals surface area contributed by atoms with Crippen molar-refractivity contribution in [3.05, 3.63) is 87.3 Å². The Labute approximate surface area is 294 Å². The number of ether oxygens (including phenoxy) is 1. The molecule has 5 rings (SSSR count). The van der Waals surface area contributed by atoms with Crippen molar-refractivity contribution in [1.82, 2.24) is 24.7 Å². The van der Waals surface area contributed by atoms with E-state index in [2.05, 4.69) is 4.90 Å². The lowest BCUT2D eigenvalue weighted by Crippen LogP contribution is -2.60. The molecule has 3 heterocycles. The molecule has 1 aromatic heterocycles. The summed E-state index contributed by atoms with van der Waals surface area (Å²) in [5, 5.41) is 1.16. The van der Waals surface area contributed by atoms with Crippen LogP contribution >= 0.6 is 23.2 Å².